The first kappa shape index (κ1) is 14.6. The molecule has 0 fully saturated rings. The summed E-state index contributed by atoms with van der Waals surface area (Å²) in [4.78, 5) is 23.5. The molecule has 88 valence electrons. The van der Waals surface area contributed by atoms with Crippen molar-refractivity contribution in [1.29, 1.82) is 0 Å². The number of halogens is 1. The Hall–Kier alpha value is -0.380. The van der Waals surface area contributed by atoms with Gasteiger partial charge in [-0.3, -0.25) is 9.59 Å². The summed E-state index contributed by atoms with van der Waals surface area (Å²) in [7, 11) is 0. The van der Waals surface area contributed by atoms with Gasteiger partial charge in [-0.25, -0.2) is 0 Å². The van der Waals surface area contributed by atoms with E-state index in [1.807, 2.05) is 0 Å². The second-order valence-corrected chi connectivity index (χ2v) is 4.41. The third-order valence-electron chi connectivity index (χ3n) is 2.47. The highest BCUT2D eigenvalue weighted by Crippen LogP contribution is 2.28. The van der Waals surface area contributed by atoms with E-state index in [4.69, 9.17) is 4.74 Å². The summed E-state index contributed by atoms with van der Waals surface area (Å²) in [5, 5.41) is 0.791. The van der Waals surface area contributed by atoms with E-state index in [2.05, 4.69) is 15.9 Å². The number of carbonyl (C=O) groups is 2. The summed E-state index contributed by atoms with van der Waals surface area (Å²) < 4.78 is 4.95. The van der Waals surface area contributed by atoms with Crippen LogP contribution in [0, 0.1) is 5.41 Å². The Morgan fingerprint density at radius 3 is 2.33 bits per heavy atom. The van der Waals surface area contributed by atoms with Crippen LogP contribution in [0.25, 0.3) is 0 Å². The number of rotatable bonds is 7. The van der Waals surface area contributed by atoms with Crippen molar-refractivity contribution >= 4 is 27.7 Å². The summed E-state index contributed by atoms with van der Waals surface area (Å²) in [6.45, 7) is 5.52. The van der Waals surface area contributed by atoms with Crippen LogP contribution >= 0.6 is 15.9 Å². The topological polar surface area (TPSA) is 43.4 Å². The van der Waals surface area contributed by atoms with E-state index < -0.39 is 11.4 Å². The fourth-order valence-corrected chi connectivity index (χ4v) is 1.74. The molecule has 0 aliphatic heterocycles. The van der Waals surface area contributed by atoms with Gasteiger partial charge in [0.2, 0.25) is 0 Å². The van der Waals surface area contributed by atoms with Gasteiger partial charge in [0.15, 0.2) is 0 Å². The first-order chi connectivity index (χ1) is 7.02. The molecule has 0 aromatic heterocycles. The molecule has 0 amide bonds. The summed E-state index contributed by atoms with van der Waals surface area (Å²) in [5.41, 5.74) is -0.960. The zero-order chi connectivity index (χ0) is 11.9. The molecule has 1 atom stereocenters. The minimum Gasteiger partial charge on any atom is -0.465 e. The predicted octanol–water partition coefficient (Wildman–Crippen LogP) is 2.71. The molecule has 0 aromatic rings. The van der Waals surface area contributed by atoms with E-state index in [-0.39, 0.29) is 5.78 Å². The van der Waals surface area contributed by atoms with E-state index in [0.717, 1.165) is 11.8 Å². The molecule has 0 radical (unpaired) electrons. The van der Waals surface area contributed by atoms with Gasteiger partial charge < -0.3 is 4.74 Å². The monoisotopic (exact) mass is 278 g/mol. The normalized spacial score (nSPS) is 14.4. The van der Waals surface area contributed by atoms with Gasteiger partial charge in [0, 0.05) is 11.8 Å². The van der Waals surface area contributed by atoms with Crippen molar-refractivity contribution in [3.63, 3.8) is 0 Å². The van der Waals surface area contributed by atoms with Gasteiger partial charge in [0.05, 0.1) is 6.61 Å². The molecule has 0 aliphatic carbocycles. The number of carbonyl (C=O) groups excluding carboxylic acids is 2. The highest BCUT2D eigenvalue weighted by atomic mass is 79.9. The lowest BCUT2D eigenvalue weighted by atomic mass is 9.80. The number of esters is 1. The van der Waals surface area contributed by atoms with Crippen molar-refractivity contribution in [3.05, 3.63) is 0 Å². The van der Waals surface area contributed by atoms with Crippen molar-refractivity contribution in [1.82, 2.24) is 0 Å². The van der Waals surface area contributed by atoms with Crippen LogP contribution in [-0.4, -0.2) is 23.7 Å². The minimum atomic E-state index is -0.960. The van der Waals surface area contributed by atoms with E-state index in [1.54, 1.807) is 20.8 Å². The quantitative estimate of drug-likeness (QED) is 0.409. The lowest BCUT2D eigenvalue weighted by Crippen LogP contribution is -2.37. The van der Waals surface area contributed by atoms with Crippen molar-refractivity contribution in [2.24, 2.45) is 5.41 Å². The average Bonchev–Trinajstić information content (AvgIpc) is 2.24. The van der Waals surface area contributed by atoms with Crippen LogP contribution in [0.5, 0.6) is 0 Å². The second kappa shape index (κ2) is 6.99. The first-order valence-corrected chi connectivity index (χ1v) is 6.41. The van der Waals surface area contributed by atoms with E-state index in [9.17, 15) is 9.59 Å². The molecule has 0 N–H and O–H groups in total. The Balaban J connectivity index is 4.67. The number of alkyl halides is 1. The van der Waals surface area contributed by atoms with Crippen LogP contribution < -0.4 is 0 Å². The van der Waals surface area contributed by atoms with E-state index >= 15 is 0 Å². The number of ketones is 1. The maximum absolute atomic E-state index is 11.7. The van der Waals surface area contributed by atoms with Gasteiger partial charge in [0.1, 0.15) is 11.2 Å². The molecule has 0 aromatic carbocycles. The lowest BCUT2D eigenvalue weighted by molar-refractivity contribution is -0.159. The smallest absolute Gasteiger partial charge is 0.319 e. The Bertz CT molecular complexity index is 228. The van der Waals surface area contributed by atoms with E-state index in [0.29, 0.717) is 19.4 Å². The molecule has 0 saturated carbocycles. The maximum atomic E-state index is 11.7. The number of Topliss-reactive ketones (excluding diaryl/α,β-unsaturated/α-hetero) is 1. The highest BCUT2D eigenvalue weighted by molar-refractivity contribution is 9.09. The molecule has 0 heterocycles. The van der Waals surface area contributed by atoms with Crippen LogP contribution in [0.1, 0.15) is 40.0 Å². The summed E-state index contributed by atoms with van der Waals surface area (Å²) in [5.74, 6) is -0.431. The molecular weight excluding hydrogens is 260 g/mol. The zero-order valence-corrected chi connectivity index (χ0v) is 11.2. The lowest BCUT2D eigenvalue weighted by Gasteiger charge is -2.24. The van der Waals surface area contributed by atoms with E-state index in [1.165, 1.54) is 0 Å². The summed E-state index contributed by atoms with van der Waals surface area (Å²) >= 11 is 3.30. The standard InChI is InChI=1S/C11H19BrO3/c1-4-9(13)11(3,7-6-8-12)10(14)15-5-2/h4-8H2,1-3H3. The zero-order valence-electron chi connectivity index (χ0n) is 9.64. The van der Waals surface area contributed by atoms with Crippen LogP contribution in [0.2, 0.25) is 0 Å². The Morgan fingerprint density at radius 2 is 1.93 bits per heavy atom. The Morgan fingerprint density at radius 1 is 1.33 bits per heavy atom. The van der Waals surface area contributed by atoms with Crippen LogP contribution in [0.4, 0.5) is 0 Å². The summed E-state index contributed by atoms with van der Waals surface area (Å²) in [6.07, 6.45) is 1.71. The van der Waals surface area contributed by atoms with Crippen molar-refractivity contribution in [2.75, 3.05) is 11.9 Å². The molecule has 15 heavy (non-hydrogen) atoms. The van der Waals surface area contributed by atoms with Crippen LogP contribution in [0.3, 0.4) is 0 Å². The molecule has 0 bridgehead atoms. The first-order valence-electron chi connectivity index (χ1n) is 5.29. The SMILES string of the molecule is CCOC(=O)C(C)(CCCBr)C(=O)CC. The Kier molecular flexibility index (Phi) is 6.81. The molecular formula is C11H19BrO3. The fraction of sp³-hybridized carbons (Fsp3) is 0.818. The second-order valence-electron chi connectivity index (χ2n) is 3.62. The average molecular weight is 279 g/mol. The maximum Gasteiger partial charge on any atom is 0.319 e. The van der Waals surface area contributed by atoms with Gasteiger partial charge in [0.25, 0.3) is 0 Å². The molecule has 4 heteroatoms. The number of hydrogen-bond acceptors (Lipinski definition) is 3. The molecule has 0 rings (SSSR count). The largest absolute Gasteiger partial charge is 0.465 e. The highest BCUT2D eigenvalue weighted by Gasteiger charge is 2.40. The third kappa shape index (κ3) is 3.93. The third-order valence-corrected chi connectivity index (χ3v) is 3.03. The van der Waals surface area contributed by atoms with Crippen LogP contribution in [0.15, 0.2) is 0 Å². The molecule has 3 nitrogen and oxygen atoms in total. The number of ether oxygens (including phenoxy) is 1. The molecule has 1 unspecified atom stereocenters. The van der Waals surface area contributed by atoms with Crippen LogP contribution in [-0.2, 0) is 14.3 Å². The van der Waals surface area contributed by atoms with Crippen molar-refractivity contribution in [2.45, 2.75) is 40.0 Å². The minimum absolute atomic E-state index is 0.0399. The van der Waals surface area contributed by atoms with Gasteiger partial charge in [-0.05, 0) is 26.7 Å². The predicted molar refractivity (Wildman–Crippen MR) is 63.1 cm³/mol. The van der Waals surface area contributed by atoms with Gasteiger partial charge >= 0.3 is 5.97 Å². The summed E-state index contributed by atoms with van der Waals surface area (Å²) in [6, 6.07) is 0. The van der Waals surface area contributed by atoms with Crippen molar-refractivity contribution in [3.8, 4) is 0 Å². The van der Waals surface area contributed by atoms with Gasteiger partial charge in [-0.15, -0.1) is 0 Å². The molecule has 0 spiro atoms. The molecule has 0 aliphatic rings. The van der Waals surface area contributed by atoms with Crippen molar-refractivity contribution < 1.29 is 14.3 Å². The van der Waals surface area contributed by atoms with Gasteiger partial charge in [-0.2, -0.15) is 0 Å². The fourth-order valence-electron chi connectivity index (χ4n) is 1.46. The molecule has 0 saturated heterocycles. The Labute approximate surface area is 99.7 Å². The van der Waals surface area contributed by atoms with Gasteiger partial charge in [-0.1, -0.05) is 22.9 Å². The number of hydrogen-bond donors (Lipinski definition) is 0.